The van der Waals surface area contributed by atoms with Crippen molar-refractivity contribution in [2.24, 2.45) is 0 Å². The molecule has 0 radical (unpaired) electrons. The Morgan fingerprint density at radius 3 is 0.625 bits per heavy atom. The number of ether oxygens (including phenoxy) is 9. The average molecular weight is 888 g/mol. The van der Waals surface area contributed by atoms with Crippen LogP contribution in [0.2, 0.25) is 3.34 Å². The van der Waals surface area contributed by atoms with Crippen LogP contribution in [0.25, 0.3) is 0 Å². The van der Waals surface area contributed by atoms with E-state index in [-0.39, 0.29) is 37.2 Å². The van der Waals surface area contributed by atoms with Crippen LogP contribution >= 0.6 is 0 Å². The predicted octanol–water partition coefficient (Wildman–Crippen LogP) is -1.97. The monoisotopic (exact) mass is 886 g/mol. The van der Waals surface area contributed by atoms with E-state index in [0.717, 1.165) is 48.9 Å². The van der Waals surface area contributed by atoms with Crippen molar-refractivity contribution in [1.29, 1.82) is 0 Å². The summed E-state index contributed by atoms with van der Waals surface area (Å²) in [7, 11) is 11.2. The molecule has 3 aromatic carbocycles. The summed E-state index contributed by atoms with van der Waals surface area (Å²) in [5.41, 5.74) is 9.80. The molecule has 0 spiro atoms. The summed E-state index contributed by atoms with van der Waals surface area (Å²) in [5.74, 6) is 5.81. The minimum Gasteiger partial charge on any atom is -1.00 e. The van der Waals surface area contributed by atoms with Gasteiger partial charge in [0.15, 0.2) is 0 Å². The standard InChI is InChI=1S/C42H57O9Si.3ClH.Ti/c1-20-21(2)23(4)39(22(20)3)52(40-33(46-14)24(5)30(43-11)25(6)34(40)47-15,41-35(48-16)26(7)31(44-12)27(8)36(41)49-17)42-37(50-18)28(9)32(45-13)29(10)38(42)51-19;;;;/h1-19H3;3*1H;/q;;;;+3/p-3. The molecular formula is C42H57Cl3O9SiTi. The van der Waals surface area contributed by atoms with Gasteiger partial charge in [-0.2, -0.15) is 0 Å². The molecule has 3 aromatic rings. The van der Waals surface area contributed by atoms with Crippen molar-refractivity contribution in [2.75, 3.05) is 64.0 Å². The van der Waals surface area contributed by atoms with Gasteiger partial charge in [0, 0.05) is 0 Å². The zero-order valence-corrected chi connectivity index (χ0v) is 41.1. The summed E-state index contributed by atoms with van der Waals surface area (Å²) in [6, 6.07) is 0. The van der Waals surface area contributed by atoms with E-state index in [4.69, 9.17) is 42.6 Å². The molecule has 0 amide bonds. The Hall–Kier alpha value is -2.86. The van der Waals surface area contributed by atoms with Crippen LogP contribution in [0, 0.1) is 41.5 Å². The van der Waals surface area contributed by atoms with Gasteiger partial charge in [-0.15, -0.1) is 0 Å². The van der Waals surface area contributed by atoms with E-state index in [2.05, 4.69) is 48.1 Å². The molecule has 0 atom stereocenters. The van der Waals surface area contributed by atoms with Crippen LogP contribution in [0.15, 0.2) is 22.3 Å². The molecule has 56 heavy (non-hydrogen) atoms. The zero-order chi connectivity index (χ0) is 40.1. The Morgan fingerprint density at radius 2 is 0.482 bits per heavy atom. The Bertz CT molecular complexity index is 1750. The SMILES string of the molecule is COc1c(C)c(OC)c([Si](c2c(OC)c(C)c(OC)c(C)c2OC)(c2c(OC)c(C)c(OC)c(C)c2OC)[C]2([Ti+3])C(C)=C(C)C(C)=C2C)c(OC)c1C.[Cl-].[Cl-].[Cl-]. The van der Waals surface area contributed by atoms with Crippen LogP contribution in [-0.4, -0.2) is 72.1 Å². The second-order valence-corrected chi connectivity index (χ2v) is 19.4. The first kappa shape index (κ1) is 51.2. The summed E-state index contributed by atoms with van der Waals surface area (Å²) in [6.07, 6.45) is 0. The summed E-state index contributed by atoms with van der Waals surface area (Å²) in [5, 5.41) is 2.59. The van der Waals surface area contributed by atoms with E-state index < -0.39 is 11.4 Å². The number of hydrogen-bond acceptors (Lipinski definition) is 9. The maximum Gasteiger partial charge on any atom is -1.00 e. The van der Waals surface area contributed by atoms with Gasteiger partial charge in [-0.1, -0.05) is 0 Å². The van der Waals surface area contributed by atoms with Gasteiger partial charge in [0.1, 0.15) is 0 Å². The normalized spacial score (nSPS) is 13.3. The molecule has 308 valence electrons. The molecule has 0 saturated carbocycles. The quantitative estimate of drug-likeness (QED) is 0.144. The molecule has 0 unspecified atom stereocenters. The van der Waals surface area contributed by atoms with Crippen molar-refractivity contribution in [3.8, 4) is 51.7 Å². The van der Waals surface area contributed by atoms with Crippen LogP contribution in [0.3, 0.4) is 0 Å². The molecule has 0 bridgehead atoms. The van der Waals surface area contributed by atoms with Gasteiger partial charge in [0.25, 0.3) is 0 Å². The maximum atomic E-state index is 6.63. The number of rotatable bonds is 13. The van der Waals surface area contributed by atoms with Crippen molar-refractivity contribution >= 4 is 23.6 Å². The third kappa shape index (κ3) is 6.74. The van der Waals surface area contributed by atoms with E-state index in [1.807, 2.05) is 41.5 Å². The molecule has 9 nitrogen and oxygen atoms in total. The molecule has 14 heteroatoms. The number of benzene rings is 3. The van der Waals surface area contributed by atoms with Crippen LogP contribution in [-0.2, 0) is 20.4 Å². The molecule has 1 aliphatic carbocycles. The summed E-state index contributed by atoms with van der Waals surface area (Å²) >= 11 is 2.35. The van der Waals surface area contributed by atoms with Gasteiger partial charge < -0.3 is 37.2 Å². The van der Waals surface area contributed by atoms with Gasteiger partial charge in [-0.3, -0.25) is 0 Å². The summed E-state index contributed by atoms with van der Waals surface area (Å²) in [6.45, 7) is 21.1. The fraction of sp³-hybridized carbons (Fsp3) is 0.476. The summed E-state index contributed by atoms with van der Waals surface area (Å²) in [4.78, 5) is 0. The molecule has 0 aromatic heterocycles. The molecule has 0 aliphatic heterocycles. The third-order valence-electron chi connectivity index (χ3n) is 11.8. The fourth-order valence-corrected chi connectivity index (χ4v) is 18.8. The Balaban J connectivity index is 0.00000523. The number of halogens is 3. The van der Waals surface area contributed by atoms with Gasteiger partial charge in [0.05, 0.1) is 0 Å². The van der Waals surface area contributed by atoms with E-state index in [9.17, 15) is 0 Å². The van der Waals surface area contributed by atoms with E-state index in [0.29, 0.717) is 51.7 Å². The maximum absolute atomic E-state index is 6.63. The molecular weight excluding hydrogens is 831 g/mol. The zero-order valence-electron chi connectivity index (χ0n) is 36.3. The van der Waals surface area contributed by atoms with E-state index in [1.165, 1.54) is 22.3 Å². The molecule has 0 fully saturated rings. The minimum absolute atomic E-state index is 0. The minimum atomic E-state index is -4.05. The number of allylic oxidation sites excluding steroid dienone is 4. The van der Waals surface area contributed by atoms with Crippen molar-refractivity contribution in [3.63, 3.8) is 0 Å². The second kappa shape index (κ2) is 19.3. The van der Waals surface area contributed by atoms with Gasteiger partial charge in [0.2, 0.25) is 0 Å². The second-order valence-electron chi connectivity index (χ2n) is 13.7. The van der Waals surface area contributed by atoms with Gasteiger partial charge in [-0.25, -0.2) is 0 Å². The first-order valence-electron chi connectivity index (χ1n) is 17.5. The summed E-state index contributed by atoms with van der Waals surface area (Å²) < 4.78 is 57.3. The van der Waals surface area contributed by atoms with Crippen molar-refractivity contribution < 1.29 is 100 Å². The largest absolute Gasteiger partial charge is 1.00 e. The molecule has 0 N–H and O–H groups in total. The Morgan fingerprint density at radius 1 is 0.321 bits per heavy atom. The molecule has 0 heterocycles. The van der Waals surface area contributed by atoms with E-state index >= 15 is 0 Å². The smallest absolute Gasteiger partial charge is 1.00 e. The molecule has 1 aliphatic rings. The third-order valence-corrected chi connectivity index (χ3v) is 20.2. The number of methoxy groups -OCH3 is 9. The van der Waals surface area contributed by atoms with Crippen LogP contribution in [0.1, 0.15) is 61.1 Å². The Kier molecular flexibility index (Phi) is 17.6. The van der Waals surface area contributed by atoms with Gasteiger partial charge >= 0.3 is 331 Å². The number of hydrogen-bond donors (Lipinski definition) is 0. The molecule has 4 rings (SSSR count). The van der Waals surface area contributed by atoms with Crippen molar-refractivity contribution in [2.45, 2.75) is 72.6 Å². The first-order valence-corrected chi connectivity index (χ1v) is 20.3. The fourth-order valence-electron chi connectivity index (χ4n) is 9.27. The van der Waals surface area contributed by atoms with Crippen molar-refractivity contribution in [1.82, 2.24) is 0 Å². The van der Waals surface area contributed by atoms with Gasteiger partial charge in [-0.05, 0) is 0 Å². The van der Waals surface area contributed by atoms with Crippen molar-refractivity contribution in [3.05, 3.63) is 55.7 Å². The molecule has 0 saturated heterocycles. The Labute approximate surface area is 365 Å². The topological polar surface area (TPSA) is 83.1 Å². The predicted molar refractivity (Wildman–Crippen MR) is 211 cm³/mol. The van der Waals surface area contributed by atoms with Crippen LogP contribution in [0.5, 0.6) is 51.7 Å². The average Bonchev–Trinajstić information content (AvgIpc) is 3.28. The van der Waals surface area contributed by atoms with Crippen LogP contribution in [0.4, 0.5) is 0 Å². The van der Waals surface area contributed by atoms with Crippen LogP contribution < -0.4 is 95.4 Å². The van der Waals surface area contributed by atoms with E-state index in [1.54, 1.807) is 64.0 Å². The first-order chi connectivity index (χ1) is 25.0.